The molecule has 0 unspecified atom stereocenters. The minimum atomic E-state index is -0.143. The number of rotatable bonds is 4. The molecule has 0 saturated heterocycles. The zero-order chi connectivity index (χ0) is 18.1. The zero-order valence-electron chi connectivity index (χ0n) is 14.6. The number of carbonyl (C=O) groups is 1. The lowest BCUT2D eigenvalue weighted by Crippen LogP contribution is -2.23. The molecule has 1 aromatic carbocycles. The molecule has 0 spiro atoms. The third-order valence-corrected chi connectivity index (χ3v) is 4.38. The van der Waals surface area contributed by atoms with Gasteiger partial charge in [0.2, 0.25) is 0 Å². The van der Waals surface area contributed by atoms with E-state index in [-0.39, 0.29) is 5.91 Å². The second-order valence-corrected chi connectivity index (χ2v) is 6.05. The molecule has 0 fully saturated rings. The Balaban J connectivity index is 1.71. The first-order valence-corrected chi connectivity index (χ1v) is 8.36. The maximum atomic E-state index is 12.6. The van der Waals surface area contributed by atoms with E-state index in [2.05, 4.69) is 15.3 Å². The van der Waals surface area contributed by atoms with E-state index in [0.717, 1.165) is 28.2 Å². The molecule has 6 heteroatoms. The van der Waals surface area contributed by atoms with Crippen molar-refractivity contribution in [3.05, 3.63) is 77.6 Å². The highest BCUT2D eigenvalue weighted by atomic mass is 16.3. The summed E-state index contributed by atoms with van der Waals surface area (Å²) < 4.78 is 7.24. The highest BCUT2D eigenvalue weighted by molar-refractivity contribution is 5.96. The second-order valence-electron chi connectivity index (χ2n) is 6.05. The van der Waals surface area contributed by atoms with Gasteiger partial charge in [0, 0.05) is 11.8 Å². The molecule has 6 nitrogen and oxygen atoms in total. The Morgan fingerprint density at radius 1 is 1.15 bits per heavy atom. The van der Waals surface area contributed by atoms with E-state index in [0.29, 0.717) is 17.9 Å². The molecule has 0 bridgehead atoms. The predicted molar refractivity (Wildman–Crippen MR) is 98.2 cm³/mol. The molecule has 4 rings (SSSR count). The molecule has 26 heavy (non-hydrogen) atoms. The number of imidazole rings is 1. The van der Waals surface area contributed by atoms with Gasteiger partial charge in [-0.05, 0) is 55.8 Å². The lowest BCUT2D eigenvalue weighted by Gasteiger charge is -2.13. The predicted octanol–water partition coefficient (Wildman–Crippen LogP) is 3.56. The van der Waals surface area contributed by atoms with E-state index < -0.39 is 0 Å². The minimum absolute atomic E-state index is 0.143. The van der Waals surface area contributed by atoms with Crippen LogP contribution in [0.3, 0.4) is 0 Å². The van der Waals surface area contributed by atoms with Gasteiger partial charge in [0.15, 0.2) is 5.65 Å². The van der Waals surface area contributed by atoms with E-state index in [4.69, 9.17) is 4.42 Å². The Bertz CT molecular complexity index is 1080. The van der Waals surface area contributed by atoms with Crippen molar-refractivity contribution in [2.24, 2.45) is 0 Å². The molecule has 3 heterocycles. The molecule has 0 aliphatic carbocycles. The molecule has 4 aromatic rings. The Morgan fingerprint density at radius 2 is 2.04 bits per heavy atom. The standard InChI is InChI=1S/C20H18N4O2/c1-13-16(20(25)22-12-15-6-5-11-26-15)7-3-9-18(13)24-14(2)23-17-8-4-10-21-19(17)24/h3-11H,12H2,1-2H3,(H,22,25). The molecule has 3 aromatic heterocycles. The number of carbonyl (C=O) groups excluding carboxylic acids is 1. The number of nitrogens with zero attached hydrogens (tertiary/aromatic N) is 3. The topological polar surface area (TPSA) is 73.0 Å². The van der Waals surface area contributed by atoms with Gasteiger partial charge in [0.05, 0.1) is 18.5 Å². The highest BCUT2D eigenvalue weighted by Gasteiger charge is 2.16. The summed E-state index contributed by atoms with van der Waals surface area (Å²) in [6.07, 6.45) is 3.34. The van der Waals surface area contributed by atoms with Crippen LogP contribution < -0.4 is 5.32 Å². The van der Waals surface area contributed by atoms with Crippen molar-refractivity contribution in [2.45, 2.75) is 20.4 Å². The van der Waals surface area contributed by atoms with Crippen LogP contribution in [0.5, 0.6) is 0 Å². The van der Waals surface area contributed by atoms with Crippen molar-refractivity contribution in [1.29, 1.82) is 0 Å². The Morgan fingerprint density at radius 3 is 2.85 bits per heavy atom. The van der Waals surface area contributed by atoms with Gasteiger partial charge in [0.1, 0.15) is 17.1 Å². The second kappa shape index (κ2) is 6.48. The summed E-state index contributed by atoms with van der Waals surface area (Å²) in [6, 6.07) is 13.1. The van der Waals surface area contributed by atoms with Crippen LogP contribution in [0, 0.1) is 13.8 Å². The first kappa shape index (κ1) is 16.1. The van der Waals surface area contributed by atoms with Gasteiger partial charge < -0.3 is 9.73 Å². The van der Waals surface area contributed by atoms with E-state index >= 15 is 0 Å². The van der Waals surface area contributed by atoms with Crippen molar-refractivity contribution in [3.63, 3.8) is 0 Å². The quantitative estimate of drug-likeness (QED) is 0.613. The number of aryl methyl sites for hydroxylation is 1. The first-order valence-electron chi connectivity index (χ1n) is 8.36. The van der Waals surface area contributed by atoms with E-state index in [1.807, 2.05) is 54.8 Å². The Hall–Kier alpha value is -3.41. The van der Waals surface area contributed by atoms with Gasteiger partial charge in [-0.3, -0.25) is 9.36 Å². The number of nitrogens with one attached hydrogen (secondary N) is 1. The van der Waals surface area contributed by atoms with Crippen LogP contribution in [0.4, 0.5) is 0 Å². The summed E-state index contributed by atoms with van der Waals surface area (Å²) in [5.41, 5.74) is 4.00. The van der Waals surface area contributed by atoms with Gasteiger partial charge in [-0.1, -0.05) is 6.07 Å². The normalized spacial score (nSPS) is 11.0. The number of pyridine rings is 1. The lowest BCUT2D eigenvalue weighted by molar-refractivity contribution is 0.0947. The maximum absolute atomic E-state index is 12.6. The van der Waals surface area contributed by atoms with Gasteiger partial charge in [0.25, 0.3) is 5.91 Å². The van der Waals surface area contributed by atoms with Crippen molar-refractivity contribution in [2.75, 3.05) is 0 Å². The summed E-state index contributed by atoms with van der Waals surface area (Å²) >= 11 is 0. The van der Waals surface area contributed by atoms with E-state index in [1.54, 1.807) is 18.5 Å². The largest absolute Gasteiger partial charge is 0.467 e. The molecule has 130 valence electrons. The summed E-state index contributed by atoms with van der Waals surface area (Å²) in [5, 5.41) is 2.89. The molecule has 1 amide bonds. The summed E-state index contributed by atoms with van der Waals surface area (Å²) in [7, 11) is 0. The van der Waals surface area contributed by atoms with Crippen molar-refractivity contribution >= 4 is 17.1 Å². The molecule has 1 N–H and O–H groups in total. The van der Waals surface area contributed by atoms with Crippen LogP contribution in [-0.2, 0) is 6.54 Å². The smallest absolute Gasteiger partial charge is 0.252 e. The van der Waals surface area contributed by atoms with Gasteiger partial charge in [-0.25, -0.2) is 9.97 Å². The number of amides is 1. The van der Waals surface area contributed by atoms with E-state index in [1.165, 1.54) is 0 Å². The van der Waals surface area contributed by atoms with Gasteiger partial charge in [-0.15, -0.1) is 0 Å². The number of hydrogen-bond acceptors (Lipinski definition) is 4. The fourth-order valence-electron chi connectivity index (χ4n) is 3.10. The Kier molecular flexibility index (Phi) is 4.01. The van der Waals surface area contributed by atoms with Crippen molar-refractivity contribution in [3.8, 4) is 5.69 Å². The average molecular weight is 346 g/mol. The molecular weight excluding hydrogens is 328 g/mol. The third kappa shape index (κ3) is 2.75. The van der Waals surface area contributed by atoms with E-state index in [9.17, 15) is 4.79 Å². The fourth-order valence-corrected chi connectivity index (χ4v) is 3.10. The molecular formula is C20H18N4O2. The van der Waals surface area contributed by atoms with Crippen LogP contribution in [0.25, 0.3) is 16.9 Å². The number of benzene rings is 1. The fraction of sp³-hybridized carbons (Fsp3) is 0.150. The van der Waals surface area contributed by atoms with Crippen LogP contribution >= 0.6 is 0 Å². The molecule has 0 atom stereocenters. The number of furan rings is 1. The average Bonchev–Trinajstić information content (AvgIpc) is 3.27. The number of hydrogen-bond donors (Lipinski definition) is 1. The maximum Gasteiger partial charge on any atom is 0.252 e. The molecule has 0 aliphatic heterocycles. The molecule has 0 radical (unpaired) electrons. The molecule has 0 saturated carbocycles. The number of fused-ring (bicyclic) bond motifs is 1. The summed E-state index contributed by atoms with van der Waals surface area (Å²) in [4.78, 5) is 21.7. The summed E-state index contributed by atoms with van der Waals surface area (Å²) in [6.45, 7) is 4.22. The zero-order valence-corrected chi connectivity index (χ0v) is 14.6. The molecule has 0 aliphatic rings. The van der Waals surface area contributed by atoms with Crippen LogP contribution in [0.1, 0.15) is 27.5 Å². The van der Waals surface area contributed by atoms with Crippen LogP contribution in [-0.4, -0.2) is 20.4 Å². The van der Waals surface area contributed by atoms with Crippen molar-refractivity contribution in [1.82, 2.24) is 19.9 Å². The number of aromatic nitrogens is 3. The van der Waals surface area contributed by atoms with Crippen LogP contribution in [0.2, 0.25) is 0 Å². The lowest BCUT2D eigenvalue weighted by atomic mass is 10.1. The van der Waals surface area contributed by atoms with Gasteiger partial charge >= 0.3 is 0 Å². The monoisotopic (exact) mass is 346 g/mol. The third-order valence-electron chi connectivity index (χ3n) is 4.38. The summed E-state index contributed by atoms with van der Waals surface area (Å²) in [5.74, 6) is 1.40. The minimum Gasteiger partial charge on any atom is -0.467 e. The van der Waals surface area contributed by atoms with Crippen molar-refractivity contribution < 1.29 is 9.21 Å². The van der Waals surface area contributed by atoms with Gasteiger partial charge in [-0.2, -0.15) is 0 Å². The first-order chi connectivity index (χ1) is 12.6. The SMILES string of the molecule is Cc1c(C(=O)NCc2ccco2)cccc1-n1c(C)nc2cccnc21. The Labute approximate surface area is 150 Å². The van der Waals surface area contributed by atoms with Crippen LogP contribution in [0.15, 0.2) is 59.3 Å². The highest BCUT2D eigenvalue weighted by Crippen LogP contribution is 2.24.